The molecule has 0 atom stereocenters. The van der Waals surface area contributed by atoms with E-state index >= 15 is 0 Å². The number of nitrogens with one attached hydrogen (secondary N) is 1. The van der Waals surface area contributed by atoms with Gasteiger partial charge in [-0.05, 0) is 12.1 Å². The SMILES string of the molecule is COc1ccc(S(=O)(=O)n2cc3c(n2)CNC3)nc1.Cl. The maximum absolute atomic E-state index is 12.3. The summed E-state index contributed by atoms with van der Waals surface area (Å²) >= 11 is 0. The monoisotopic (exact) mass is 316 g/mol. The molecule has 0 spiro atoms. The van der Waals surface area contributed by atoms with Crippen LogP contribution in [0.3, 0.4) is 0 Å². The normalized spacial score (nSPS) is 13.7. The van der Waals surface area contributed by atoms with Gasteiger partial charge in [-0.2, -0.15) is 17.6 Å². The van der Waals surface area contributed by atoms with Gasteiger partial charge in [0.1, 0.15) is 5.75 Å². The number of hydrogen-bond donors (Lipinski definition) is 1. The molecule has 108 valence electrons. The predicted molar refractivity (Wildman–Crippen MR) is 73.4 cm³/mol. The van der Waals surface area contributed by atoms with Crippen molar-refractivity contribution in [2.45, 2.75) is 18.1 Å². The Morgan fingerprint density at radius 2 is 2.15 bits per heavy atom. The van der Waals surface area contributed by atoms with E-state index in [0.29, 0.717) is 18.8 Å². The Bertz CT molecular complexity index is 690. The van der Waals surface area contributed by atoms with Gasteiger partial charge in [0, 0.05) is 24.8 Å². The highest BCUT2D eigenvalue weighted by atomic mass is 35.5. The van der Waals surface area contributed by atoms with Gasteiger partial charge < -0.3 is 10.1 Å². The third-order valence-electron chi connectivity index (χ3n) is 2.92. The van der Waals surface area contributed by atoms with Crippen molar-refractivity contribution in [3.63, 3.8) is 0 Å². The average Bonchev–Trinajstić information content (AvgIpc) is 2.99. The van der Waals surface area contributed by atoms with Crippen LogP contribution in [0.25, 0.3) is 0 Å². The van der Waals surface area contributed by atoms with Crippen molar-refractivity contribution in [2.24, 2.45) is 0 Å². The number of nitrogens with zero attached hydrogens (tertiary/aromatic N) is 3. The second-order valence-corrected chi connectivity index (χ2v) is 5.86. The first-order valence-electron chi connectivity index (χ1n) is 5.65. The summed E-state index contributed by atoms with van der Waals surface area (Å²) in [6.45, 7) is 1.23. The van der Waals surface area contributed by atoms with Crippen molar-refractivity contribution in [1.82, 2.24) is 19.5 Å². The van der Waals surface area contributed by atoms with Crippen molar-refractivity contribution < 1.29 is 13.2 Å². The lowest BCUT2D eigenvalue weighted by Crippen LogP contribution is -2.16. The summed E-state index contributed by atoms with van der Waals surface area (Å²) in [5.41, 5.74) is 1.66. The topological polar surface area (TPSA) is 86.1 Å². The van der Waals surface area contributed by atoms with Crippen LogP contribution in [0.4, 0.5) is 0 Å². The Hall–Kier alpha value is -1.64. The quantitative estimate of drug-likeness (QED) is 0.890. The van der Waals surface area contributed by atoms with Gasteiger partial charge in [-0.25, -0.2) is 4.98 Å². The Labute approximate surface area is 122 Å². The van der Waals surface area contributed by atoms with Gasteiger partial charge in [0.05, 0.1) is 19.0 Å². The highest BCUT2D eigenvalue weighted by Gasteiger charge is 2.23. The molecule has 9 heteroatoms. The summed E-state index contributed by atoms with van der Waals surface area (Å²) in [6.07, 6.45) is 2.89. The molecule has 0 aliphatic carbocycles. The molecule has 0 unspecified atom stereocenters. The number of pyridine rings is 1. The van der Waals surface area contributed by atoms with Gasteiger partial charge in [0.2, 0.25) is 0 Å². The van der Waals surface area contributed by atoms with Crippen LogP contribution >= 0.6 is 12.4 Å². The van der Waals surface area contributed by atoms with Gasteiger partial charge in [0.25, 0.3) is 10.0 Å². The molecule has 3 heterocycles. The zero-order valence-electron chi connectivity index (χ0n) is 10.6. The molecule has 20 heavy (non-hydrogen) atoms. The van der Waals surface area contributed by atoms with Gasteiger partial charge in [-0.3, -0.25) is 0 Å². The van der Waals surface area contributed by atoms with Crippen LogP contribution in [-0.2, 0) is 23.1 Å². The Morgan fingerprint density at radius 3 is 2.75 bits per heavy atom. The molecule has 0 radical (unpaired) electrons. The van der Waals surface area contributed by atoms with Crippen LogP contribution in [0.1, 0.15) is 11.3 Å². The molecule has 0 saturated heterocycles. The Balaban J connectivity index is 0.00000147. The zero-order chi connectivity index (χ0) is 13.5. The molecule has 1 N–H and O–H groups in total. The molecule has 3 rings (SSSR count). The van der Waals surface area contributed by atoms with E-state index in [4.69, 9.17) is 4.74 Å². The van der Waals surface area contributed by atoms with E-state index in [2.05, 4.69) is 15.4 Å². The lowest BCUT2D eigenvalue weighted by molar-refractivity contribution is 0.412. The molecule has 1 aliphatic heterocycles. The van der Waals surface area contributed by atoms with Gasteiger partial charge >= 0.3 is 0 Å². The van der Waals surface area contributed by atoms with E-state index in [1.165, 1.54) is 25.6 Å². The van der Waals surface area contributed by atoms with E-state index in [9.17, 15) is 8.42 Å². The molecule has 2 aromatic heterocycles. The van der Waals surface area contributed by atoms with Gasteiger partial charge in [-0.15, -0.1) is 12.4 Å². The van der Waals surface area contributed by atoms with Crippen molar-refractivity contribution in [2.75, 3.05) is 7.11 Å². The minimum atomic E-state index is -3.73. The van der Waals surface area contributed by atoms with Crippen LogP contribution in [0.2, 0.25) is 0 Å². The van der Waals surface area contributed by atoms with Crippen molar-refractivity contribution >= 4 is 22.4 Å². The third-order valence-corrected chi connectivity index (χ3v) is 4.37. The summed E-state index contributed by atoms with van der Waals surface area (Å²) < 4.78 is 30.6. The largest absolute Gasteiger partial charge is 0.495 e. The second-order valence-electron chi connectivity index (χ2n) is 4.12. The minimum Gasteiger partial charge on any atom is -0.495 e. The Morgan fingerprint density at radius 1 is 1.35 bits per heavy atom. The first kappa shape index (κ1) is 14.8. The van der Waals surface area contributed by atoms with Crippen LogP contribution in [0.5, 0.6) is 5.75 Å². The third kappa shape index (κ3) is 2.37. The summed E-state index contributed by atoms with van der Waals surface area (Å²) in [5.74, 6) is 0.506. The molecule has 0 amide bonds. The number of ether oxygens (including phenoxy) is 1. The molecule has 0 bridgehead atoms. The molecule has 2 aromatic rings. The smallest absolute Gasteiger partial charge is 0.300 e. The number of halogens is 1. The van der Waals surface area contributed by atoms with E-state index in [-0.39, 0.29) is 17.4 Å². The van der Waals surface area contributed by atoms with Gasteiger partial charge in [0.15, 0.2) is 5.03 Å². The van der Waals surface area contributed by atoms with Crippen molar-refractivity contribution in [3.8, 4) is 5.75 Å². The first-order chi connectivity index (χ1) is 9.11. The molecular weight excluding hydrogens is 304 g/mol. The molecular formula is C11H13ClN4O3S. The average molecular weight is 317 g/mol. The lowest BCUT2D eigenvalue weighted by atomic mass is 10.3. The van der Waals surface area contributed by atoms with E-state index in [0.717, 1.165) is 15.3 Å². The summed E-state index contributed by atoms with van der Waals surface area (Å²) in [7, 11) is -2.23. The number of methoxy groups -OCH3 is 1. The number of hydrogen-bond acceptors (Lipinski definition) is 6. The minimum absolute atomic E-state index is 0. The fourth-order valence-corrected chi connectivity index (χ4v) is 2.98. The first-order valence-corrected chi connectivity index (χ1v) is 7.09. The van der Waals surface area contributed by atoms with Crippen molar-refractivity contribution in [1.29, 1.82) is 0 Å². The molecule has 0 aromatic carbocycles. The highest BCUT2D eigenvalue weighted by molar-refractivity contribution is 7.89. The fraction of sp³-hybridized carbons (Fsp3) is 0.273. The number of aromatic nitrogens is 3. The maximum Gasteiger partial charge on any atom is 0.300 e. The summed E-state index contributed by atoms with van der Waals surface area (Å²) in [5, 5.41) is 7.12. The highest BCUT2D eigenvalue weighted by Crippen LogP contribution is 2.18. The molecule has 7 nitrogen and oxygen atoms in total. The predicted octanol–water partition coefficient (Wildman–Crippen LogP) is 0.549. The summed E-state index contributed by atoms with van der Waals surface area (Å²) in [6, 6.07) is 2.96. The maximum atomic E-state index is 12.3. The van der Waals surface area contributed by atoms with Crippen LogP contribution in [0, 0.1) is 0 Å². The molecule has 0 saturated carbocycles. The van der Waals surface area contributed by atoms with E-state index in [1.807, 2.05) is 0 Å². The molecule has 1 aliphatic rings. The lowest BCUT2D eigenvalue weighted by Gasteiger charge is -2.04. The van der Waals surface area contributed by atoms with Gasteiger partial charge in [-0.1, -0.05) is 0 Å². The summed E-state index contributed by atoms with van der Waals surface area (Å²) in [4.78, 5) is 3.89. The van der Waals surface area contributed by atoms with Crippen LogP contribution in [-0.4, -0.2) is 29.7 Å². The van der Waals surface area contributed by atoms with Crippen LogP contribution < -0.4 is 10.1 Å². The molecule has 0 fully saturated rings. The fourth-order valence-electron chi connectivity index (χ4n) is 1.89. The van der Waals surface area contributed by atoms with E-state index < -0.39 is 10.0 Å². The van der Waals surface area contributed by atoms with Crippen LogP contribution in [0.15, 0.2) is 29.6 Å². The van der Waals surface area contributed by atoms with Crippen molar-refractivity contribution in [3.05, 3.63) is 35.8 Å². The Kier molecular flexibility index (Phi) is 3.98. The number of rotatable bonds is 3. The zero-order valence-corrected chi connectivity index (χ0v) is 12.2. The standard InChI is InChI=1S/C11H12N4O3S.ClH/c1-18-9-2-3-11(13-5-9)19(16,17)15-7-8-4-12-6-10(8)14-15;/h2-3,5,7,12H,4,6H2,1H3;1H. The second kappa shape index (κ2) is 5.39. The number of fused-ring (bicyclic) bond motifs is 1. The van der Waals surface area contributed by atoms with E-state index in [1.54, 1.807) is 6.07 Å².